The highest BCUT2D eigenvalue weighted by molar-refractivity contribution is 5.82. The van der Waals surface area contributed by atoms with Gasteiger partial charge in [-0.25, -0.2) is 15.0 Å². The number of anilines is 1. The number of aromatic nitrogens is 4. The van der Waals surface area contributed by atoms with E-state index in [2.05, 4.69) is 32.4 Å². The number of hydrogen-bond acceptors (Lipinski definition) is 9. The normalized spacial score (nSPS) is 30.0. The molecule has 0 amide bonds. The van der Waals surface area contributed by atoms with Crippen LogP contribution in [0.1, 0.15) is 37.5 Å². The lowest BCUT2D eigenvalue weighted by Gasteiger charge is -2.32. The Morgan fingerprint density at radius 3 is 2.67 bits per heavy atom. The first kappa shape index (κ1) is 22.2. The Hall–Kier alpha value is -2.63. The van der Waals surface area contributed by atoms with Crippen molar-refractivity contribution >= 4 is 17.0 Å². The molecule has 4 N–H and O–H groups in total. The molecule has 1 saturated heterocycles. The second kappa shape index (κ2) is 9.70. The van der Waals surface area contributed by atoms with Crippen LogP contribution >= 0.6 is 0 Å². The van der Waals surface area contributed by atoms with Crippen molar-refractivity contribution in [3.8, 4) is 0 Å². The van der Waals surface area contributed by atoms with Gasteiger partial charge in [-0.2, -0.15) is 0 Å². The van der Waals surface area contributed by atoms with E-state index >= 15 is 0 Å². The zero-order valence-corrected chi connectivity index (χ0v) is 18.2. The summed E-state index contributed by atoms with van der Waals surface area (Å²) in [6.45, 7) is 0.165. The minimum Gasteiger partial charge on any atom is -0.394 e. The molecule has 0 spiro atoms. The maximum absolute atomic E-state index is 10.4. The molecule has 1 aromatic carbocycles. The average molecular weight is 456 g/mol. The Bertz CT molecular complexity index is 1060. The summed E-state index contributed by atoms with van der Waals surface area (Å²) in [7, 11) is 0. The molecule has 2 aliphatic rings. The molecule has 1 aliphatic heterocycles. The van der Waals surface area contributed by atoms with Crippen LogP contribution in [-0.4, -0.2) is 71.9 Å². The Morgan fingerprint density at radius 2 is 1.88 bits per heavy atom. The van der Waals surface area contributed by atoms with Gasteiger partial charge in [-0.05, 0) is 18.4 Å². The molecule has 10 nitrogen and oxygen atoms in total. The van der Waals surface area contributed by atoms with Crippen LogP contribution in [0.2, 0.25) is 0 Å². The van der Waals surface area contributed by atoms with Crippen molar-refractivity contribution in [2.75, 3.05) is 11.9 Å². The van der Waals surface area contributed by atoms with Gasteiger partial charge in [0.25, 0.3) is 0 Å². The average Bonchev–Trinajstić information content (AvgIpc) is 3.40. The SMILES string of the molecule is OC[C@H]1O[C@@H](n2cnc3c(N[C@@H]4CCCC[C@H]4OCc4ccccc4)ncnc32)[C@H](O)[C@@H]1O. The van der Waals surface area contributed by atoms with E-state index in [4.69, 9.17) is 9.47 Å². The number of imidazole rings is 1. The van der Waals surface area contributed by atoms with E-state index in [0.717, 1.165) is 31.2 Å². The number of rotatable bonds is 7. The fraction of sp³-hybridized carbons (Fsp3) is 0.522. The van der Waals surface area contributed by atoms with Crippen molar-refractivity contribution < 1.29 is 24.8 Å². The third-order valence-corrected chi connectivity index (χ3v) is 6.48. The first-order valence-electron chi connectivity index (χ1n) is 11.4. The number of aliphatic hydroxyl groups is 3. The Morgan fingerprint density at radius 1 is 1.06 bits per heavy atom. The maximum atomic E-state index is 10.4. The number of fused-ring (bicyclic) bond motifs is 1. The number of hydrogen-bond donors (Lipinski definition) is 4. The summed E-state index contributed by atoms with van der Waals surface area (Å²) < 4.78 is 13.5. The molecule has 0 radical (unpaired) electrons. The molecule has 176 valence electrons. The van der Waals surface area contributed by atoms with Crippen LogP contribution in [0.5, 0.6) is 0 Å². The van der Waals surface area contributed by atoms with Gasteiger partial charge in [0.05, 0.1) is 31.7 Å². The van der Waals surface area contributed by atoms with Crippen molar-refractivity contribution in [3.63, 3.8) is 0 Å². The molecule has 5 rings (SSSR count). The molecule has 0 unspecified atom stereocenters. The molecule has 2 fully saturated rings. The van der Waals surface area contributed by atoms with Gasteiger partial charge in [-0.15, -0.1) is 0 Å². The summed E-state index contributed by atoms with van der Waals surface area (Å²) in [6.07, 6.45) is 2.98. The first-order valence-corrected chi connectivity index (χ1v) is 11.4. The van der Waals surface area contributed by atoms with Crippen LogP contribution in [-0.2, 0) is 16.1 Å². The lowest BCUT2D eigenvalue weighted by molar-refractivity contribution is -0.0511. The van der Waals surface area contributed by atoms with Crippen molar-refractivity contribution in [2.45, 2.75) is 69.0 Å². The third kappa shape index (κ3) is 4.44. The lowest BCUT2D eigenvalue weighted by atomic mass is 9.92. The van der Waals surface area contributed by atoms with Crippen LogP contribution in [0, 0.1) is 0 Å². The molecule has 3 aromatic rings. The van der Waals surface area contributed by atoms with Gasteiger partial charge in [0.1, 0.15) is 24.6 Å². The summed E-state index contributed by atoms with van der Waals surface area (Å²) in [4.78, 5) is 13.2. The molecule has 3 heterocycles. The quantitative estimate of drug-likeness (QED) is 0.417. The van der Waals surface area contributed by atoms with Crippen LogP contribution < -0.4 is 5.32 Å². The molecule has 0 bridgehead atoms. The van der Waals surface area contributed by atoms with Crippen LogP contribution in [0.25, 0.3) is 11.2 Å². The Balaban J connectivity index is 1.34. The van der Waals surface area contributed by atoms with E-state index in [9.17, 15) is 15.3 Å². The second-order valence-electron chi connectivity index (χ2n) is 8.65. The minimum absolute atomic E-state index is 0.0477. The van der Waals surface area contributed by atoms with Gasteiger partial charge in [0.2, 0.25) is 0 Å². The van der Waals surface area contributed by atoms with Crippen molar-refractivity contribution in [1.82, 2.24) is 19.5 Å². The van der Waals surface area contributed by atoms with E-state index in [1.165, 1.54) is 12.7 Å². The van der Waals surface area contributed by atoms with Gasteiger partial charge in [0, 0.05) is 0 Å². The highest BCUT2D eigenvalue weighted by Crippen LogP contribution is 2.33. The molecule has 33 heavy (non-hydrogen) atoms. The second-order valence-corrected chi connectivity index (χ2v) is 8.65. The van der Waals surface area contributed by atoms with E-state index in [0.29, 0.717) is 23.6 Å². The van der Waals surface area contributed by atoms with E-state index in [1.807, 2.05) is 18.2 Å². The molecular formula is C23H29N5O5. The molecule has 1 aliphatic carbocycles. The zero-order chi connectivity index (χ0) is 22.8. The van der Waals surface area contributed by atoms with Crippen molar-refractivity contribution in [2.24, 2.45) is 0 Å². The van der Waals surface area contributed by atoms with Gasteiger partial charge >= 0.3 is 0 Å². The minimum atomic E-state index is -1.21. The van der Waals surface area contributed by atoms with Crippen LogP contribution in [0.3, 0.4) is 0 Å². The first-order chi connectivity index (χ1) is 16.2. The predicted molar refractivity (Wildman–Crippen MR) is 119 cm³/mol. The van der Waals surface area contributed by atoms with Gasteiger partial charge < -0.3 is 30.1 Å². The standard InChI is InChI=1S/C23H29N5O5/c29-10-17-19(30)20(31)23(33-17)28-13-26-18-21(24-12-25-22(18)28)27-15-8-4-5-9-16(15)32-11-14-6-2-1-3-7-14/h1-3,6-7,12-13,15-17,19-20,23,29-31H,4-5,8-11H2,(H,24,25,27)/t15-,16-,17-,19-,20-,23-/m1/s1. The zero-order valence-electron chi connectivity index (χ0n) is 18.2. The highest BCUT2D eigenvalue weighted by atomic mass is 16.6. The molecule has 2 aromatic heterocycles. The fourth-order valence-corrected chi connectivity index (χ4v) is 4.67. The summed E-state index contributed by atoms with van der Waals surface area (Å²) >= 11 is 0. The van der Waals surface area contributed by atoms with Crippen molar-refractivity contribution in [3.05, 3.63) is 48.5 Å². The fourth-order valence-electron chi connectivity index (χ4n) is 4.67. The molecular weight excluding hydrogens is 426 g/mol. The summed E-state index contributed by atoms with van der Waals surface area (Å²) in [5.74, 6) is 0.589. The molecule has 1 saturated carbocycles. The van der Waals surface area contributed by atoms with Crippen molar-refractivity contribution in [1.29, 1.82) is 0 Å². The van der Waals surface area contributed by atoms with E-state index < -0.39 is 31.1 Å². The molecule has 10 heteroatoms. The number of benzene rings is 1. The maximum Gasteiger partial charge on any atom is 0.167 e. The van der Waals surface area contributed by atoms with Crippen LogP contribution in [0.15, 0.2) is 43.0 Å². The number of nitrogens with zero attached hydrogens (tertiary/aromatic N) is 4. The third-order valence-electron chi connectivity index (χ3n) is 6.48. The number of ether oxygens (including phenoxy) is 2. The van der Waals surface area contributed by atoms with Crippen LogP contribution in [0.4, 0.5) is 5.82 Å². The van der Waals surface area contributed by atoms with Gasteiger partial charge in [0.15, 0.2) is 23.2 Å². The van der Waals surface area contributed by atoms with Gasteiger partial charge in [-0.1, -0.05) is 43.2 Å². The Kier molecular flexibility index (Phi) is 6.52. The Labute approximate surface area is 191 Å². The molecule has 6 atom stereocenters. The van der Waals surface area contributed by atoms with E-state index in [-0.39, 0.29) is 12.1 Å². The predicted octanol–water partition coefficient (Wildman–Crippen LogP) is 1.38. The monoisotopic (exact) mass is 455 g/mol. The topological polar surface area (TPSA) is 135 Å². The van der Waals surface area contributed by atoms with E-state index in [1.54, 1.807) is 4.57 Å². The lowest BCUT2D eigenvalue weighted by Crippen LogP contribution is -2.38. The summed E-state index contributed by atoms with van der Waals surface area (Å²) in [5, 5.41) is 33.4. The number of nitrogens with one attached hydrogen (secondary N) is 1. The van der Waals surface area contributed by atoms with Gasteiger partial charge in [-0.3, -0.25) is 4.57 Å². The highest BCUT2D eigenvalue weighted by Gasteiger charge is 2.44. The summed E-state index contributed by atoms with van der Waals surface area (Å²) in [5.41, 5.74) is 2.16. The smallest absolute Gasteiger partial charge is 0.167 e. The largest absolute Gasteiger partial charge is 0.394 e. The number of aliphatic hydroxyl groups excluding tert-OH is 3. The summed E-state index contributed by atoms with van der Waals surface area (Å²) in [6, 6.07) is 10.2.